The molecular weight excluding hydrogens is 933 g/mol. The van der Waals surface area contributed by atoms with Gasteiger partial charge in [0, 0.05) is 118 Å². The minimum atomic E-state index is -0.678. The number of carbonyl (C=O) groups excluding carboxylic acids is 8. The van der Waals surface area contributed by atoms with Crippen LogP contribution in [0.2, 0.25) is 0 Å². The molecule has 0 spiro atoms. The summed E-state index contributed by atoms with van der Waals surface area (Å²) in [5.41, 5.74) is 13.8. The lowest BCUT2D eigenvalue weighted by atomic mass is 10.3. The maximum Gasteiger partial charge on any atom is 0.272 e. The summed E-state index contributed by atoms with van der Waals surface area (Å²) in [5.74, 6) is -4.38. The average molecular weight is 987 g/mol. The van der Waals surface area contributed by atoms with Gasteiger partial charge in [-0.15, -0.1) is 0 Å². The Balaban J connectivity index is 0.974. The van der Waals surface area contributed by atoms with Crippen molar-refractivity contribution in [3.8, 4) is 0 Å². The first-order valence-electron chi connectivity index (χ1n) is 21.8. The smallest absolute Gasteiger partial charge is 0.272 e. The maximum atomic E-state index is 13.3. The third-order valence-electron chi connectivity index (χ3n) is 10.7. The highest BCUT2D eigenvalue weighted by atomic mass is 16.2. The highest BCUT2D eigenvalue weighted by Crippen LogP contribution is 2.22. The summed E-state index contributed by atoms with van der Waals surface area (Å²) >= 11 is 0. The molecule has 376 valence electrons. The maximum absolute atomic E-state index is 13.3. The molecule has 72 heavy (non-hydrogen) atoms. The van der Waals surface area contributed by atoms with Crippen molar-refractivity contribution < 1.29 is 38.4 Å². The second-order valence-corrected chi connectivity index (χ2v) is 16.5. The summed E-state index contributed by atoms with van der Waals surface area (Å²) in [6.45, 7) is 0.369. The number of nitrogens with two attached hydrogens (primary N) is 2. The van der Waals surface area contributed by atoms with Crippen LogP contribution >= 0.6 is 0 Å². The van der Waals surface area contributed by atoms with E-state index >= 15 is 0 Å². The molecular formula is C46H54N18O8. The van der Waals surface area contributed by atoms with E-state index in [0.717, 1.165) is 12.2 Å². The molecule has 26 nitrogen and oxygen atoms in total. The Morgan fingerprint density at radius 2 is 0.597 bits per heavy atom. The Bertz CT molecular complexity index is 2980. The molecule has 0 atom stereocenters. The summed E-state index contributed by atoms with van der Waals surface area (Å²) in [5, 5.41) is 36.1. The van der Waals surface area contributed by atoms with Gasteiger partial charge in [-0.05, 0) is 36.4 Å². The normalized spacial score (nSPS) is 10.9. The summed E-state index contributed by atoms with van der Waals surface area (Å²) in [6.07, 6.45) is 11.6. The fourth-order valence-corrected chi connectivity index (χ4v) is 7.25. The lowest BCUT2D eigenvalue weighted by molar-refractivity contribution is -0.114. The molecule has 14 N–H and O–H groups in total. The Morgan fingerprint density at radius 1 is 0.389 bits per heavy atom. The molecule has 0 aliphatic heterocycles. The van der Waals surface area contributed by atoms with Crippen LogP contribution in [0.25, 0.3) is 0 Å². The molecule has 26 heteroatoms. The van der Waals surface area contributed by atoms with E-state index in [4.69, 9.17) is 22.3 Å². The van der Waals surface area contributed by atoms with Crippen molar-refractivity contribution >= 4 is 93.1 Å². The monoisotopic (exact) mass is 986 g/mol. The lowest BCUT2D eigenvalue weighted by Gasteiger charge is -2.04. The topological polar surface area (TPSA) is 362 Å². The van der Waals surface area contributed by atoms with E-state index in [2.05, 4.69) is 42.5 Å². The van der Waals surface area contributed by atoms with Gasteiger partial charge in [0.15, 0.2) is 0 Å². The van der Waals surface area contributed by atoms with Crippen molar-refractivity contribution in [1.82, 2.24) is 38.0 Å². The molecule has 0 unspecified atom stereocenters. The quantitative estimate of drug-likeness (QED) is 0.0300. The molecule has 0 saturated carbocycles. The van der Waals surface area contributed by atoms with Gasteiger partial charge < -0.3 is 81.4 Å². The molecule has 6 aromatic heterocycles. The van der Waals surface area contributed by atoms with Gasteiger partial charge in [-0.1, -0.05) is 0 Å². The predicted molar refractivity (Wildman–Crippen MR) is 268 cm³/mol. The summed E-state index contributed by atoms with van der Waals surface area (Å²) in [4.78, 5) is 104. The summed E-state index contributed by atoms with van der Waals surface area (Å²) in [6, 6.07) is 8.79. The first kappa shape index (κ1) is 51.5. The number of nitrogens with one attached hydrogen (secondary N) is 10. The number of aryl methyl sites for hydroxylation is 6. The fourth-order valence-electron chi connectivity index (χ4n) is 7.25. The van der Waals surface area contributed by atoms with Crippen molar-refractivity contribution in [1.29, 1.82) is 10.8 Å². The second-order valence-electron chi connectivity index (χ2n) is 16.5. The van der Waals surface area contributed by atoms with Crippen molar-refractivity contribution in [3.63, 3.8) is 0 Å². The van der Waals surface area contributed by atoms with Crippen LogP contribution in [0.4, 0.5) is 34.1 Å². The average Bonchev–Trinajstić information content (AvgIpc) is 4.16. The van der Waals surface area contributed by atoms with E-state index in [1.54, 1.807) is 76.2 Å². The van der Waals surface area contributed by atoms with Crippen LogP contribution < -0.4 is 54.0 Å². The minimum absolute atomic E-state index is 0.0568. The number of rotatable bonds is 20. The van der Waals surface area contributed by atoms with Crippen molar-refractivity contribution in [2.24, 2.45) is 53.8 Å². The lowest BCUT2D eigenvalue weighted by Crippen LogP contribution is -2.28. The van der Waals surface area contributed by atoms with Gasteiger partial charge in [-0.2, -0.15) is 0 Å². The van der Waals surface area contributed by atoms with Gasteiger partial charge in [0.05, 0.1) is 45.8 Å². The Hall–Kier alpha value is -9.88. The molecule has 0 fully saturated rings. The number of anilines is 6. The van der Waals surface area contributed by atoms with E-state index in [-0.39, 0.29) is 83.1 Å². The zero-order valence-corrected chi connectivity index (χ0v) is 40.0. The standard InChI is InChI=1S/C46H54N18O8/c1-59-21-27(15-31(59)41(67)51-11-9-37(47)48)55-45(71)35-17-29(23-63(35)5)57-43(69)33-13-25(19-61(33)3)53-39(65)7-8-40(66)54-26-14-34(62(4)20-26)44(70)58-30-18-36(64(6)24-30)46(72)56-28-16-32(60(2)22-28)42(68)52-12-10-38(49)50/h7-8,13-24H,9-12H2,1-6H3,(H3,47,48)(H3,49,50)(H,51,67)(H,52,68)(H,53,65)(H,54,66)(H,55,71)(H,56,72)(H,57,69)(H,58,70)/b8-7-. The third kappa shape index (κ3) is 13.0. The van der Waals surface area contributed by atoms with Crippen molar-refractivity contribution in [3.05, 3.63) is 120 Å². The second kappa shape index (κ2) is 22.0. The molecule has 0 radical (unpaired) electrons. The Kier molecular flexibility index (Phi) is 15.8. The predicted octanol–water partition coefficient (Wildman–Crippen LogP) is 1.97. The number of carbonyl (C=O) groups is 8. The number of nitrogens with zero attached hydrogens (tertiary/aromatic N) is 6. The molecule has 0 saturated heterocycles. The first-order chi connectivity index (χ1) is 34.0. The van der Waals surface area contributed by atoms with E-state index in [0.29, 0.717) is 22.7 Å². The van der Waals surface area contributed by atoms with Gasteiger partial charge in [0.25, 0.3) is 35.4 Å². The molecule has 8 amide bonds. The number of hydrogen-bond acceptors (Lipinski definition) is 10. The van der Waals surface area contributed by atoms with Crippen LogP contribution in [0.5, 0.6) is 0 Å². The van der Waals surface area contributed by atoms with Gasteiger partial charge in [-0.3, -0.25) is 49.2 Å². The van der Waals surface area contributed by atoms with Crippen LogP contribution in [-0.4, -0.2) is 99.4 Å². The van der Waals surface area contributed by atoms with Crippen LogP contribution in [0.1, 0.15) is 75.8 Å². The largest absolute Gasteiger partial charge is 0.388 e. The number of aromatic nitrogens is 6. The summed E-state index contributed by atoms with van der Waals surface area (Å²) < 4.78 is 9.06. The van der Waals surface area contributed by atoms with Gasteiger partial charge >= 0.3 is 0 Å². The number of amidine groups is 2. The molecule has 6 aromatic rings. The Morgan fingerprint density at radius 3 is 0.819 bits per heavy atom. The van der Waals surface area contributed by atoms with E-state index < -0.39 is 47.3 Å². The van der Waals surface area contributed by atoms with E-state index in [9.17, 15) is 38.4 Å². The SMILES string of the molecule is Cn1cc(NC(=O)c2cc(NC(=O)c3cc(NC(=O)/C=C\C(=O)Nc4cc(C(=O)Nc5cc(C(=O)Nc6cc(C(=O)NCCC(=N)N)n(C)c6)n(C)c5)n(C)c4)cn3C)cn2C)cc1C(=O)NCCC(=N)N. The van der Waals surface area contributed by atoms with Crippen LogP contribution in [0, 0.1) is 10.8 Å². The molecule has 0 bridgehead atoms. The summed E-state index contributed by atoms with van der Waals surface area (Å²) in [7, 11) is 9.71. The molecule has 0 aliphatic rings. The highest BCUT2D eigenvalue weighted by Gasteiger charge is 2.21. The van der Waals surface area contributed by atoms with Gasteiger partial charge in [0.2, 0.25) is 11.8 Å². The highest BCUT2D eigenvalue weighted by molar-refractivity contribution is 6.11. The molecule has 0 aromatic carbocycles. The molecule has 0 aliphatic carbocycles. The number of hydrogen-bond donors (Lipinski definition) is 12. The molecule has 6 rings (SSSR count). The van der Waals surface area contributed by atoms with Gasteiger partial charge in [-0.25, -0.2) is 0 Å². The van der Waals surface area contributed by atoms with Crippen LogP contribution in [0.15, 0.2) is 85.7 Å². The Labute approximate surface area is 410 Å². The van der Waals surface area contributed by atoms with Crippen LogP contribution in [0.3, 0.4) is 0 Å². The zero-order valence-electron chi connectivity index (χ0n) is 40.0. The fraction of sp³-hybridized carbons (Fsp3) is 0.217. The number of amides is 8. The first-order valence-corrected chi connectivity index (χ1v) is 21.8. The van der Waals surface area contributed by atoms with E-state index in [1.165, 1.54) is 67.1 Å². The van der Waals surface area contributed by atoms with Crippen LogP contribution in [-0.2, 0) is 51.9 Å². The van der Waals surface area contributed by atoms with E-state index in [1.807, 2.05) is 0 Å². The minimum Gasteiger partial charge on any atom is -0.388 e. The van der Waals surface area contributed by atoms with Gasteiger partial charge in [0.1, 0.15) is 34.2 Å². The van der Waals surface area contributed by atoms with Crippen molar-refractivity contribution in [2.45, 2.75) is 12.8 Å². The third-order valence-corrected chi connectivity index (χ3v) is 10.7. The molecule has 6 heterocycles. The zero-order chi connectivity index (χ0) is 52.6. The van der Waals surface area contributed by atoms with Crippen molar-refractivity contribution in [2.75, 3.05) is 45.0 Å².